The second-order valence-corrected chi connectivity index (χ2v) is 7.74. The molecule has 1 amide bonds. The monoisotopic (exact) mass is 379 g/mol. The van der Waals surface area contributed by atoms with Gasteiger partial charge >= 0.3 is 0 Å². The highest BCUT2D eigenvalue weighted by Crippen LogP contribution is 2.27. The predicted octanol–water partition coefficient (Wildman–Crippen LogP) is 3.92. The summed E-state index contributed by atoms with van der Waals surface area (Å²) in [5, 5.41) is 3.90. The van der Waals surface area contributed by atoms with Gasteiger partial charge in [0.2, 0.25) is 17.6 Å². The maximum Gasteiger partial charge on any atom is 0.229 e. The first-order chi connectivity index (χ1) is 12.4. The average molecular weight is 380 g/mol. The molecule has 1 aliphatic heterocycles. The first-order valence-corrected chi connectivity index (χ1v) is 9.37. The summed E-state index contributed by atoms with van der Waals surface area (Å²) in [7, 11) is 0. The minimum Gasteiger partial charge on any atom is -0.342 e. The number of nitrogens with zero attached hydrogens (tertiary/aromatic N) is 3. The van der Waals surface area contributed by atoms with Crippen molar-refractivity contribution in [3.63, 3.8) is 0 Å². The molecule has 5 nitrogen and oxygen atoms in total. The molecule has 7 heteroatoms. The molecule has 1 aliphatic rings. The van der Waals surface area contributed by atoms with Crippen LogP contribution >= 0.6 is 11.6 Å². The average Bonchev–Trinajstić information content (AvgIpc) is 3.10. The summed E-state index contributed by atoms with van der Waals surface area (Å²) in [6.45, 7) is 5.13. The maximum atomic E-state index is 13.9. The SMILES string of the molecule is CC(C)(CCl)C(=O)N1CCCC(Cc2nc(-c3ccccc3F)no2)C1. The molecule has 0 N–H and O–H groups in total. The summed E-state index contributed by atoms with van der Waals surface area (Å²) >= 11 is 5.94. The van der Waals surface area contributed by atoms with Crippen LogP contribution in [0.3, 0.4) is 0 Å². The van der Waals surface area contributed by atoms with Gasteiger partial charge in [-0.1, -0.05) is 17.3 Å². The van der Waals surface area contributed by atoms with E-state index in [0.717, 1.165) is 19.4 Å². The number of halogens is 2. The lowest BCUT2D eigenvalue weighted by Crippen LogP contribution is -2.47. The Kier molecular flexibility index (Phi) is 5.61. The largest absolute Gasteiger partial charge is 0.342 e. The van der Waals surface area contributed by atoms with Gasteiger partial charge in [-0.3, -0.25) is 4.79 Å². The summed E-state index contributed by atoms with van der Waals surface area (Å²) in [6.07, 6.45) is 2.50. The van der Waals surface area contributed by atoms with E-state index in [4.69, 9.17) is 16.1 Å². The molecule has 1 fully saturated rings. The summed E-state index contributed by atoms with van der Waals surface area (Å²) in [4.78, 5) is 18.8. The highest BCUT2D eigenvalue weighted by molar-refractivity contribution is 6.19. The maximum absolute atomic E-state index is 13.9. The zero-order chi connectivity index (χ0) is 18.7. The second kappa shape index (κ2) is 7.74. The van der Waals surface area contributed by atoms with Gasteiger partial charge in [-0.25, -0.2) is 4.39 Å². The van der Waals surface area contributed by atoms with Crippen LogP contribution in [-0.2, 0) is 11.2 Å². The van der Waals surface area contributed by atoms with Gasteiger partial charge in [-0.05, 0) is 44.7 Å². The molecule has 0 bridgehead atoms. The summed E-state index contributed by atoms with van der Waals surface area (Å²) < 4.78 is 19.2. The van der Waals surface area contributed by atoms with Gasteiger partial charge in [0.1, 0.15) is 5.82 Å². The molecule has 3 rings (SSSR count). The van der Waals surface area contributed by atoms with Crippen LogP contribution in [0.25, 0.3) is 11.4 Å². The fourth-order valence-corrected chi connectivity index (χ4v) is 3.35. The number of rotatable bonds is 5. The second-order valence-electron chi connectivity index (χ2n) is 7.47. The Morgan fingerprint density at radius 1 is 1.42 bits per heavy atom. The van der Waals surface area contributed by atoms with Gasteiger partial charge in [0.25, 0.3) is 0 Å². The number of alkyl halides is 1. The fourth-order valence-electron chi connectivity index (χ4n) is 3.24. The molecule has 0 aliphatic carbocycles. The van der Waals surface area contributed by atoms with E-state index in [1.54, 1.807) is 18.2 Å². The molecule has 140 valence electrons. The highest BCUT2D eigenvalue weighted by atomic mass is 35.5. The summed E-state index contributed by atoms with van der Waals surface area (Å²) in [6, 6.07) is 6.35. The number of hydrogen-bond acceptors (Lipinski definition) is 4. The molecular weight excluding hydrogens is 357 g/mol. The topological polar surface area (TPSA) is 59.2 Å². The van der Waals surface area contributed by atoms with Gasteiger partial charge in [0.05, 0.1) is 11.0 Å². The van der Waals surface area contributed by atoms with Crippen LogP contribution in [0.2, 0.25) is 0 Å². The number of amides is 1. The third-order valence-corrected chi connectivity index (χ3v) is 5.43. The van der Waals surface area contributed by atoms with Crippen molar-refractivity contribution in [1.29, 1.82) is 0 Å². The zero-order valence-corrected chi connectivity index (χ0v) is 15.8. The number of hydrogen-bond donors (Lipinski definition) is 0. The number of likely N-dealkylation sites (tertiary alicyclic amines) is 1. The van der Waals surface area contributed by atoms with Crippen LogP contribution in [0.1, 0.15) is 32.6 Å². The molecule has 2 heterocycles. The van der Waals surface area contributed by atoms with Crippen molar-refractivity contribution in [2.24, 2.45) is 11.3 Å². The van der Waals surface area contributed by atoms with E-state index in [0.29, 0.717) is 30.3 Å². The van der Waals surface area contributed by atoms with Crippen LogP contribution in [0.4, 0.5) is 4.39 Å². The van der Waals surface area contributed by atoms with Crippen molar-refractivity contribution in [3.8, 4) is 11.4 Å². The Hall–Kier alpha value is -1.95. The van der Waals surface area contributed by atoms with Gasteiger partial charge in [0, 0.05) is 25.4 Å². The molecule has 1 unspecified atom stereocenters. The number of carbonyl (C=O) groups is 1. The lowest BCUT2D eigenvalue weighted by Gasteiger charge is -2.36. The van der Waals surface area contributed by atoms with Gasteiger partial charge in [0.15, 0.2) is 0 Å². The van der Waals surface area contributed by atoms with Crippen molar-refractivity contribution in [1.82, 2.24) is 15.0 Å². The van der Waals surface area contributed by atoms with E-state index < -0.39 is 5.41 Å². The Balaban J connectivity index is 1.66. The molecule has 26 heavy (non-hydrogen) atoms. The molecular formula is C19H23ClFN3O2. The molecule has 0 saturated carbocycles. The van der Waals surface area contributed by atoms with E-state index in [1.165, 1.54) is 6.07 Å². The minimum absolute atomic E-state index is 0.0785. The summed E-state index contributed by atoms with van der Waals surface area (Å²) in [5.41, 5.74) is -0.238. The Labute approximate surface area is 157 Å². The first kappa shape index (κ1) is 18.8. The quantitative estimate of drug-likeness (QED) is 0.739. The molecule has 0 radical (unpaired) electrons. The van der Waals surface area contributed by atoms with Gasteiger partial charge in [-0.2, -0.15) is 4.98 Å². The molecule has 1 saturated heterocycles. The Bertz CT molecular complexity index is 778. The van der Waals surface area contributed by atoms with Crippen LogP contribution < -0.4 is 0 Å². The van der Waals surface area contributed by atoms with Crippen molar-refractivity contribution < 1.29 is 13.7 Å². The first-order valence-electron chi connectivity index (χ1n) is 8.83. The van der Waals surface area contributed by atoms with Crippen molar-refractivity contribution in [2.75, 3.05) is 19.0 Å². The number of piperidine rings is 1. The van der Waals surface area contributed by atoms with E-state index in [2.05, 4.69) is 10.1 Å². The van der Waals surface area contributed by atoms with Crippen molar-refractivity contribution in [2.45, 2.75) is 33.1 Å². The van der Waals surface area contributed by atoms with E-state index in [-0.39, 0.29) is 23.5 Å². The number of aromatic nitrogens is 2. The molecule has 1 aromatic heterocycles. The van der Waals surface area contributed by atoms with E-state index in [1.807, 2.05) is 18.7 Å². The number of benzene rings is 1. The highest BCUT2D eigenvalue weighted by Gasteiger charge is 2.34. The summed E-state index contributed by atoms with van der Waals surface area (Å²) in [5.74, 6) is 0.965. The smallest absolute Gasteiger partial charge is 0.229 e. The van der Waals surface area contributed by atoms with Crippen LogP contribution in [0.5, 0.6) is 0 Å². The van der Waals surface area contributed by atoms with E-state index >= 15 is 0 Å². The molecule has 1 atom stereocenters. The normalized spacial score (nSPS) is 18.2. The molecule has 0 spiro atoms. The van der Waals surface area contributed by atoms with Gasteiger partial charge < -0.3 is 9.42 Å². The third kappa shape index (κ3) is 4.06. The van der Waals surface area contributed by atoms with Crippen LogP contribution in [0.15, 0.2) is 28.8 Å². The Morgan fingerprint density at radius 2 is 2.19 bits per heavy atom. The molecule has 1 aromatic carbocycles. The van der Waals surface area contributed by atoms with Crippen molar-refractivity contribution >= 4 is 17.5 Å². The standard InChI is InChI=1S/C19H23ClFN3O2/c1-19(2,12-20)18(25)24-9-5-6-13(11-24)10-16-22-17(23-26-16)14-7-3-4-8-15(14)21/h3-4,7-8,13H,5-6,9-12H2,1-2H3. The Morgan fingerprint density at radius 3 is 2.92 bits per heavy atom. The van der Waals surface area contributed by atoms with Crippen LogP contribution in [0, 0.1) is 17.2 Å². The number of carbonyl (C=O) groups excluding carboxylic acids is 1. The van der Waals surface area contributed by atoms with Crippen molar-refractivity contribution in [3.05, 3.63) is 36.0 Å². The lowest BCUT2D eigenvalue weighted by molar-refractivity contribution is -0.141. The third-order valence-electron chi connectivity index (χ3n) is 4.77. The van der Waals surface area contributed by atoms with Gasteiger partial charge in [-0.15, -0.1) is 11.6 Å². The predicted molar refractivity (Wildman–Crippen MR) is 97.2 cm³/mol. The van der Waals surface area contributed by atoms with E-state index in [9.17, 15) is 9.18 Å². The minimum atomic E-state index is -0.564. The molecule has 2 aromatic rings. The van der Waals surface area contributed by atoms with Crippen LogP contribution in [-0.4, -0.2) is 39.9 Å². The zero-order valence-electron chi connectivity index (χ0n) is 15.0. The lowest BCUT2D eigenvalue weighted by atomic mass is 9.90. The fraction of sp³-hybridized carbons (Fsp3) is 0.526.